The average Bonchev–Trinajstić information content (AvgIpc) is 2.40. The summed E-state index contributed by atoms with van der Waals surface area (Å²) in [7, 11) is 1.83. The maximum Gasteiger partial charge on any atom is 0.136 e. The molecule has 1 heterocycles. The Morgan fingerprint density at radius 3 is 2.40 bits per heavy atom. The number of hydrogen-bond donors (Lipinski definition) is 1. The largest absolute Gasteiger partial charge is 0.373 e. The molecule has 0 fully saturated rings. The number of nitrogens with one attached hydrogen (secondary N) is 1. The van der Waals surface area contributed by atoms with E-state index in [9.17, 15) is 0 Å². The van der Waals surface area contributed by atoms with Crippen molar-refractivity contribution in [3.63, 3.8) is 0 Å². The quantitative estimate of drug-likeness (QED) is 0.866. The molecule has 3 nitrogen and oxygen atoms in total. The van der Waals surface area contributed by atoms with Crippen LogP contribution in [0.4, 0.5) is 5.82 Å². The molecule has 1 N–H and O–H groups in total. The zero-order valence-electron chi connectivity index (χ0n) is 12.0. The third-order valence-corrected chi connectivity index (χ3v) is 3.70. The van der Waals surface area contributed by atoms with Crippen molar-refractivity contribution >= 4 is 29.0 Å². The molecule has 20 heavy (non-hydrogen) atoms. The van der Waals surface area contributed by atoms with Crippen LogP contribution in [-0.2, 0) is 5.41 Å². The zero-order chi connectivity index (χ0) is 14.9. The second-order valence-corrected chi connectivity index (χ2v) is 6.35. The van der Waals surface area contributed by atoms with Gasteiger partial charge in [0.1, 0.15) is 11.6 Å². The van der Waals surface area contributed by atoms with Crippen molar-refractivity contribution < 1.29 is 0 Å². The molecule has 1 aromatic carbocycles. The molecule has 0 radical (unpaired) electrons. The Bertz CT molecular complexity index is 634. The number of halogens is 2. The fourth-order valence-electron chi connectivity index (χ4n) is 1.75. The van der Waals surface area contributed by atoms with Gasteiger partial charge in [-0.1, -0.05) is 56.1 Å². The van der Waals surface area contributed by atoms with Gasteiger partial charge in [0, 0.05) is 24.1 Å². The van der Waals surface area contributed by atoms with Gasteiger partial charge in [0.15, 0.2) is 0 Å². The SMILES string of the molecule is CNc1cc(-c2cccc(Cl)c2Cl)nc(C(C)(C)C)n1. The van der Waals surface area contributed by atoms with Crippen LogP contribution in [0.3, 0.4) is 0 Å². The molecule has 0 aliphatic rings. The molecule has 0 atom stereocenters. The van der Waals surface area contributed by atoms with Crippen molar-refractivity contribution in [2.75, 3.05) is 12.4 Å². The second-order valence-electron chi connectivity index (χ2n) is 5.56. The Morgan fingerprint density at radius 2 is 1.80 bits per heavy atom. The first-order valence-corrected chi connectivity index (χ1v) is 7.10. The lowest BCUT2D eigenvalue weighted by Crippen LogP contribution is -2.17. The van der Waals surface area contributed by atoms with E-state index in [1.54, 1.807) is 6.07 Å². The fraction of sp³-hybridized carbons (Fsp3) is 0.333. The maximum atomic E-state index is 6.28. The summed E-state index contributed by atoms with van der Waals surface area (Å²) in [5.74, 6) is 1.52. The maximum absolute atomic E-state index is 6.28. The van der Waals surface area contributed by atoms with Crippen LogP contribution in [0.25, 0.3) is 11.3 Å². The molecule has 0 amide bonds. The number of hydrogen-bond acceptors (Lipinski definition) is 3. The van der Waals surface area contributed by atoms with Crippen molar-refractivity contribution in [3.8, 4) is 11.3 Å². The fourth-order valence-corrected chi connectivity index (χ4v) is 2.15. The summed E-state index contributed by atoms with van der Waals surface area (Å²) in [4.78, 5) is 9.13. The number of anilines is 1. The minimum atomic E-state index is -0.146. The van der Waals surface area contributed by atoms with Gasteiger partial charge in [0.2, 0.25) is 0 Å². The highest BCUT2D eigenvalue weighted by Gasteiger charge is 2.20. The lowest BCUT2D eigenvalue weighted by molar-refractivity contribution is 0.547. The van der Waals surface area contributed by atoms with Gasteiger partial charge in [-0.05, 0) is 6.07 Å². The van der Waals surface area contributed by atoms with E-state index in [0.29, 0.717) is 10.0 Å². The van der Waals surface area contributed by atoms with Crippen molar-refractivity contribution in [1.29, 1.82) is 0 Å². The number of rotatable bonds is 2. The summed E-state index contributed by atoms with van der Waals surface area (Å²) < 4.78 is 0. The molecule has 0 aliphatic carbocycles. The van der Waals surface area contributed by atoms with Crippen LogP contribution in [0.5, 0.6) is 0 Å². The molecule has 0 spiro atoms. The Labute approximate surface area is 129 Å². The summed E-state index contributed by atoms with van der Waals surface area (Å²) in [6, 6.07) is 7.40. The van der Waals surface area contributed by atoms with E-state index in [1.165, 1.54) is 0 Å². The topological polar surface area (TPSA) is 37.8 Å². The van der Waals surface area contributed by atoms with Crippen molar-refractivity contribution in [1.82, 2.24) is 9.97 Å². The van der Waals surface area contributed by atoms with Crippen LogP contribution < -0.4 is 5.32 Å². The number of nitrogens with zero attached hydrogens (tertiary/aromatic N) is 2. The summed E-state index contributed by atoms with van der Waals surface area (Å²) >= 11 is 12.4. The Balaban J connectivity index is 2.65. The van der Waals surface area contributed by atoms with Gasteiger partial charge in [-0.25, -0.2) is 9.97 Å². The van der Waals surface area contributed by atoms with Crippen LogP contribution in [0.1, 0.15) is 26.6 Å². The van der Waals surface area contributed by atoms with Crippen LogP contribution in [0.15, 0.2) is 24.3 Å². The molecular weight excluding hydrogens is 293 g/mol. The molecule has 0 saturated heterocycles. The van der Waals surface area contributed by atoms with Gasteiger partial charge in [0.05, 0.1) is 15.7 Å². The van der Waals surface area contributed by atoms with E-state index >= 15 is 0 Å². The highest BCUT2D eigenvalue weighted by atomic mass is 35.5. The van der Waals surface area contributed by atoms with E-state index < -0.39 is 0 Å². The predicted octanol–water partition coefficient (Wildman–Crippen LogP) is 4.79. The average molecular weight is 310 g/mol. The molecular formula is C15H17Cl2N3. The highest BCUT2D eigenvalue weighted by Crippen LogP contribution is 2.34. The lowest BCUT2D eigenvalue weighted by Gasteiger charge is -2.19. The standard InChI is InChI=1S/C15H17Cl2N3/c1-15(2,3)14-19-11(8-12(18-4)20-14)9-6-5-7-10(16)13(9)17/h5-8H,1-4H3,(H,18,19,20). The van der Waals surface area contributed by atoms with Gasteiger partial charge in [-0.2, -0.15) is 0 Å². The summed E-state index contributed by atoms with van der Waals surface area (Å²) in [5, 5.41) is 4.09. The molecule has 2 rings (SSSR count). The molecule has 0 bridgehead atoms. The minimum Gasteiger partial charge on any atom is -0.373 e. The van der Waals surface area contributed by atoms with Crippen LogP contribution >= 0.6 is 23.2 Å². The molecule has 1 aromatic heterocycles. The normalized spacial score (nSPS) is 11.5. The first-order valence-electron chi connectivity index (χ1n) is 6.34. The van der Waals surface area contributed by atoms with Crippen LogP contribution in [0.2, 0.25) is 10.0 Å². The van der Waals surface area contributed by atoms with Gasteiger partial charge in [-0.15, -0.1) is 0 Å². The van der Waals surface area contributed by atoms with Gasteiger partial charge < -0.3 is 5.32 Å². The first kappa shape index (κ1) is 15.1. The van der Waals surface area contributed by atoms with Crippen molar-refractivity contribution in [2.24, 2.45) is 0 Å². The van der Waals surface area contributed by atoms with Crippen LogP contribution in [0, 0.1) is 0 Å². The molecule has 0 unspecified atom stereocenters. The van der Waals surface area contributed by atoms with E-state index in [4.69, 9.17) is 23.2 Å². The summed E-state index contributed by atoms with van der Waals surface area (Å²) in [6.07, 6.45) is 0. The molecule has 0 saturated carbocycles. The number of benzene rings is 1. The summed E-state index contributed by atoms with van der Waals surface area (Å²) in [5.41, 5.74) is 1.43. The van der Waals surface area contributed by atoms with Crippen molar-refractivity contribution in [2.45, 2.75) is 26.2 Å². The number of aromatic nitrogens is 2. The predicted molar refractivity (Wildman–Crippen MR) is 85.7 cm³/mol. The third kappa shape index (κ3) is 3.05. The molecule has 106 valence electrons. The van der Waals surface area contributed by atoms with E-state index in [-0.39, 0.29) is 5.41 Å². The minimum absolute atomic E-state index is 0.146. The molecule has 2 aromatic rings. The molecule has 5 heteroatoms. The smallest absolute Gasteiger partial charge is 0.136 e. The Morgan fingerprint density at radius 1 is 1.10 bits per heavy atom. The van der Waals surface area contributed by atoms with Gasteiger partial charge >= 0.3 is 0 Å². The second kappa shape index (κ2) is 5.58. The highest BCUT2D eigenvalue weighted by molar-refractivity contribution is 6.43. The summed E-state index contributed by atoms with van der Waals surface area (Å²) in [6.45, 7) is 6.22. The Kier molecular flexibility index (Phi) is 4.21. The monoisotopic (exact) mass is 309 g/mol. The van der Waals surface area contributed by atoms with Crippen molar-refractivity contribution in [3.05, 3.63) is 40.1 Å². The van der Waals surface area contributed by atoms with E-state index in [2.05, 4.69) is 36.1 Å². The lowest BCUT2D eigenvalue weighted by atomic mass is 9.95. The zero-order valence-corrected chi connectivity index (χ0v) is 13.5. The van der Waals surface area contributed by atoms with Gasteiger partial charge in [0.25, 0.3) is 0 Å². The van der Waals surface area contributed by atoms with E-state index in [1.807, 2.05) is 25.2 Å². The van der Waals surface area contributed by atoms with Gasteiger partial charge in [-0.3, -0.25) is 0 Å². The third-order valence-electron chi connectivity index (χ3n) is 2.88. The first-order chi connectivity index (χ1) is 9.32. The van der Waals surface area contributed by atoms with E-state index in [0.717, 1.165) is 22.9 Å². The Hall–Kier alpha value is -1.32. The van der Waals surface area contributed by atoms with Crippen LogP contribution in [-0.4, -0.2) is 17.0 Å². The molecule has 0 aliphatic heterocycles.